The Morgan fingerprint density at radius 2 is 1.98 bits per heavy atom. The summed E-state index contributed by atoms with van der Waals surface area (Å²) in [5.74, 6) is 0.716. The summed E-state index contributed by atoms with van der Waals surface area (Å²) in [6.07, 6.45) is 3.15. The van der Waals surface area contributed by atoms with Gasteiger partial charge in [-0.3, -0.25) is 14.2 Å². The highest BCUT2D eigenvalue weighted by Crippen LogP contribution is 2.34. The van der Waals surface area contributed by atoms with Crippen LogP contribution in [0.15, 0.2) is 76.4 Å². The van der Waals surface area contributed by atoms with Crippen LogP contribution in [-0.4, -0.2) is 42.3 Å². The third kappa shape index (κ3) is 5.64. The summed E-state index contributed by atoms with van der Waals surface area (Å²) in [4.78, 5) is 32.5. The molecule has 0 spiro atoms. The first-order valence-corrected chi connectivity index (χ1v) is 13.4. The summed E-state index contributed by atoms with van der Waals surface area (Å²) in [5, 5.41) is 15.2. The van der Waals surface area contributed by atoms with Crippen LogP contribution in [0.4, 0.5) is 4.39 Å². The topological polar surface area (TPSA) is 138 Å². The van der Waals surface area contributed by atoms with Gasteiger partial charge in [0.25, 0.3) is 11.4 Å². The van der Waals surface area contributed by atoms with Crippen molar-refractivity contribution in [3.8, 4) is 34.2 Å². The van der Waals surface area contributed by atoms with E-state index in [1.807, 2.05) is 19.9 Å². The first kappa shape index (κ1) is 26.9. The van der Waals surface area contributed by atoms with Gasteiger partial charge in [0, 0.05) is 53.9 Å². The predicted octanol–water partition coefficient (Wildman–Crippen LogP) is 4.46. The number of hydrogen-bond acceptors (Lipinski definition) is 9. The van der Waals surface area contributed by atoms with E-state index in [-0.39, 0.29) is 41.5 Å². The molecule has 1 saturated heterocycles. The first-order chi connectivity index (χ1) is 20.3. The lowest BCUT2D eigenvalue weighted by atomic mass is 10.1. The maximum atomic E-state index is 15.3. The maximum Gasteiger partial charge on any atom is 0.258 e. The van der Waals surface area contributed by atoms with Gasteiger partial charge in [0.15, 0.2) is 5.82 Å². The van der Waals surface area contributed by atoms with E-state index in [0.29, 0.717) is 46.9 Å². The van der Waals surface area contributed by atoms with Crippen LogP contribution in [0.5, 0.6) is 11.5 Å². The van der Waals surface area contributed by atoms with Gasteiger partial charge in [0.1, 0.15) is 17.3 Å². The quantitative estimate of drug-likeness (QED) is 0.288. The third-order valence-corrected chi connectivity index (χ3v) is 6.95. The number of nitrogens with zero attached hydrogens (tertiary/aromatic N) is 6. The minimum absolute atomic E-state index is 0.0603. The van der Waals surface area contributed by atoms with E-state index in [1.54, 1.807) is 36.4 Å². The number of rotatable bonds is 8. The number of carbonyl (C=O) groups excluding carboxylic acids is 1. The van der Waals surface area contributed by atoms with Gasteiger partial charge >= 0.3 is 0 Å². The maximum absolute atomic E-state index is 15.3. The average Bonchev–Trinajstić information content (AvgIpc) is 3.65. The molecule has 1 N–H and O–H groups in total. The van der Waals surface area contributed by atoms with Crippen LogP contribution < -0.4 is 15.6 Å². The number of aromatic nitrogens is 6. The van der Waals surface area contributed by atoms with Crippen LogP contribution in [0.2, 0.25) is 0 Å². The first-order valence-electron chi connectivity index (χ1n) is 13.4. The van der Waals surface area contributed by atoms with Crippen LogP contribution in [0.25, 0.3) is 22.7 Å². The molecule has 1 aliphatic rings. The molecule has 4 heterocycles. The Morgan fingerprint density at radius 1 is 1.10 bits per heavy atom. The average molecular weight is 568 g/mol. The lowest BCUT2D eigenvalue weighted by molar-refractivity contribution is -0.119. The number of amides is 1. The molecule has 1 fully saturated rings. The second kappa shape index (κ2) is 11.3. The standard InChI is InChI=1S/C30H26FN7O4/c1-17(2)24-7-8-25(36-35-24)22-6-5-21(13-23(22)31)41-26-11-18(3-4-19(26)15-38-16-32-10-9-28(38)40)30-34-29(37-42-30)20-12-27(39)33-14-20/h3-11,13,16-17,20H,12,14-15H2,1-2H3,(H,33,39)/t20-/m0/s1. The van der Waals surface area contributed by atoms with Crippen molar-refractivity contribution in [3.63, 3.8) is 0 Å². The fourth-order valence-electron chi connectivity index (χ4n) is 4.59. The molecule has 3 aromatic heterocycles. The molecule has 6 rings (SSSR count). The van der Waals surface area contributed by atoms with Crippen LogP contribution in [-0.2, 0) is 11.3 Å². The number of carbonyl (C=O) groups is 1. The van der Waals surface area contributed by atoms with Crippen LogP contribution in [0, 0.1) is 5.82 Å². The van der Waals surface area contributed by atoms with Crippen LogP contribution >= 0.6 is 0 Å². The molecule has 0 bridgehead atoms. The second-order valence-electron chi connectivity index (χ2n) is 10.3. The van der Waals surface area contributed by atoms with Gasteiger partial charge in [-0.2, -0.15) is 15.2 Å². The third-order valence-electron chi connectivity index (χ3n) is 6.95. The molecule has 1 atom stereocenters. The predicted molar refractivity (Wildman–Crippen MR) is 149 cm³/mol. The molecule has 1 amide bonds. The van der Waals surface area contributed by atoms with E-state index in [2.05, 4.69) is 30.6 Å². The summed E-state index contributed by atoms with van der Waals surface area (Å²) in [5.41, 5.74) is 2.48. The molecule has 0 saturated carbocycles. The van der Waals surface area contributed by atoms with Crippen molar-refractivity contribution >= 4 is 5.91 Å². The van der Waals surface area contributed by atoms with Crippen molar-refractivity contribution < 1.29 is 18.4 Å². The van der Waals surface area contributed by atoms with Crippen molar-refractivity contribution in [2.75, 3.05) is 6.54 Å². The van der Waals surface area contributed by atoms with E-state index < -0.39 is 5.82 Å². The highest BCUT2D eigenvalue weighted by Gasteiger charge is 2.27. The fraction of sp³-hybridized carbons (Fsp3) is 0.233. The van der Waals surface area contributed by atoms with Gasteiger partial charge in [-0.05, 0) is 42.3 Å². The fourth-order valence-corrected chi connectivity index (χ4v) is 4.59. The Labute approximate surface area is 239 Å². The lowest BCUT2D eigenvalue weighted by Crippen LogP contribution is -2.19. The van der Waals surface area contributed by atoms with Gasteiger partial charge in [0.05, 0.1) is 24.3 Å². The van der Waals surface area contributed by atoms with E-state index in [0.717, 1.165) is 5.69 Å². The van der Waals surface area contributed by atoms with E-state index in [9.17, 15) is 9.59 Å². The van der Waals surface area contributed by atoms with Crippen molar-refractivity contribution in [1.29, 1.82) is 0 Å². The summed E-state index contributed by atoms with van der Waals surface area (Å²) in [6.45, 7) is 4.62. The Kier molecular flexibility index (Phi) is 7.26. The van der Waals surface area contributed by atoms with Crippen LogP contribution in [0.3, 0.4) is 0 Å². The number of benzene rings is 2. The summed E-state index contributed by atoms with van der Waals surface area (Å²) < 4.78 is 28.4. The Hall–Kier alpha value is -5.26. The SMILES string of the molecule is CC(C)c1ccc(-c2ccc(Oc3cc(-c4nc([C@@H]5CNC(=O)C5)no4)ccc3Cn3cnccc3=O)cc2F)nn1. The molecule has 12 heteroatoms. The molecular weight excluding hydrogens is 541 g/mol. The molecule has 2 aromatic carbocycles. The molecule has 5 aromatic rings. The molecular formula is C30H26FN7O4. The highest BCUT2D eigenvalue weighted by molar-refractivity contribution is 5.79. The van der Waals surface area contributed by atoms with E-state index >= 15 is 4.39 Å². The van der Waals surface area contributed by atoms with E-state index in [4.69, 9.17) is 9.26 Å². The van der Waals surface area contributed by atoms with Gasteiger partial charge < -0.3 is 14.6 Å². The van der Waals surface area contributed by atoms with Gasteiger partial charge in [-0.15, -0.1) is 0 Å². The zero-order chi connectivity index (χ0) is 29.2. The second-order valence-corrected chi connectivity index (χ2v) is 10.3. The zero-order valence-electron chi connectivity index (χ0n) is 22.8. The van der Waals surface area contributed by atoms with Crippen molar-refractivity contribution in [3.05, 3.63) is 100 Å². The smallest absolute Gasteiger partial charge is 0.258 e. The number of nitrogens with one attached hydrogen (secondary N) is 1. The van der Waals surface area contributed by atoms with Crippen molar-refractivity contribution in [1.82, 2.24) is 35.2 Å². The molecule has 42 heavy (non-hydrogen) atoms. The minimum atomic E-state index is -0.526. The Bertz CT molecular complexity index is 1820. The number of hydrogen-bond donors (Lipinski definition) is 1. The summed E-state index contributed by atoms with van der Waals surface area (Å²) >= 11 is 0. The van der Waals surface area contributed by atoms with Gasteiger partial charge in [-0.25, -0.2) is 9.37 Å². The Balaban J connectivity index is 1.32. The lowest BCUT2D eigenvalue weighted by Gasteiger charge is -2.14. The number of halogens is 1. The molecule has 0 unspecified atom stereocenters. The van der Waals surface area contributed by atoms with E-state index in [1.165, 1.54) is 29.2 Å². The zero-order valence-corrected chi connectivity index (χ0v) is 22.8. The van der Waals surface area contributed by atoms with Crippen LogP contribution in [0.1, 0.15) is 49.2 Å². The minimum Gasteiger partial charge on any atom is -0.457 e. The largest absolute Gasteiger partial charge is 0.457 e. The van der Waals surface area contributed by atoms with Crippen molar-refractivity contribution in [2.24, 2.45) is 0 Å². The monoisotopic (exact) mass is 567 g/mol. The van der Waals surface area contributed by atoms with Crippen molar-refractivity contribution in [2.45, 2.75) is 38.6 Å². The van der Waals surface area contributed by atoms with Gasteiger partial charge in [-0.1, -0.05) is 25.1 Å². The molecule has 1 aliphatic heterocycles. The normalized spacial score (nSPS) is 14.8. The number of ether oxygens (including phenoxy) is 1. The Morgan fingerprint density at radius 3 is 2.69 bits per heavy atom. The molecule has 0 radical (unpaired) electrons. The van der Waals surface area contributed by atoms with Gasteiger partial charge in [0.2, 0.25) is 5.91 Å². The highest BCUT2D eigenvalue weighted by atomic mass is 19.1. The molecule has 11 nitrogen and oxygen atoms in total. The summed E-state index contributed by atoms with van der Waals surface area (Å²) in [7, 11) is 0. The molecule has 0 aliphatic carbocycles. The summed E-state index contributed by atoms with van der Waals surface area (Å²) in [6, 6.07) is 14.7. The molecule has 212 valence electrons.